The number of rotatable bonds is 10. The highest BCUT2D eigenvalue weighted by molar-refractivity contribution is 9.10. The minimum Gasteiger partial charge on any atom is -0.341 e. The number of aromatic nitrogens is 1. The molecule has 0 unspecified atom stereocenters. The van der Waals surface area contributed by atoms with E-state index in [-0.39, 0.29) is 12.5 Å². The van der Waals surface area contributed by atoms with Crippen molar-refractivity contribution in [2.24, 2.45) is 5.92 Å². The number of carbonyl (C=O) groups is 2. The Morgan fingerprint density at radius 1 is 0.870 bits per heavy atom. The van der Waals surface area contributed by atoms with Gasteiger partial charge >= 0.3 is 6.18 Å². The summed E-state index contributed by atoms with van der Waals surface area (Å²) in [5, 5.41) is 0. The van der Waals surface area contributed by atoms with Gasteiger partial charge in [0.2, 0.25) is 11.8 Å². The minimum atomic E-state index is -4.45. The molecule has 5 rings (SSSR count). The molecule has 1 aliphatic rings. The molecule has 2 heterocycles. The van der Waals surface area contributed by atoms with E-state index in [2.05, 4.69) is 33.0 Å². The number of alkyl halides is 3. The maximum Gasteiger partial charge on any atom is 0.416 e. The predicted octanol–water partition coefficient (Wildman–Crippen LogP) is 8.00. The fraction of sp³-hybridized carbons (Fsp3) is 0.270. The van der Waals surface area contributed by atoms with Crippen molar-refractivity contribution in [2.75, 3.05) is 13.1 Å². The fourth-order valence-corrected chi connectivity index (χ4v) is 6.00. The number of hydrogen-bond acceptors (Lipinski definition) is 3. The summed E-state index contributed by atoms with van der Waals surface area (Å²) in [5.41, 5.74) is 2.62. The van der Waals surface area contributed by atoms with Crippen LogP contribution < -0.4 is 0 Å². The van der Waals surface area contributed by atoms with E-state index in [1.165, 1.54) is 29.8 Å². The first kappa shape index (κ1) is 33.1. The SMILES string of the molecule is O=C([C@H](Cc1ccccc1)N(Cc1ccc(Br)nc1)C(=O)C=Cc1ccc(C(F)(F)F)cc1)N1CCC(Cc2ccccc2)CC1. The van der Waals surface area contributed by atoms with Gasteiger partial charge in [-0.3, -0.25) is 9.59 Å². The van der Waals surface area contributed by atoms with Gasteiger partial charge in [0.1, 0.15) is 10.6 Å². The van der Waals surface area contributed by atoms with Crippen molar-refractivity contribution in [1.82, 2.24) is 14.8 Å². The van der Waals surface area contributed by atoms with Gasteiger partial charge in [0.05, 0.1) is 5.56 Å². The maximum absolute atomic E-state index is 14.3. The zero-order valence-electron chi connectivity index (χ0n) is 25.2. The van der Waals surface area contributed by atoms with Crippen molar-refractivity contribution >= 4 is 33.8 Å². The zero-order valence-corrected chi connectivity index (χ0v) is 26.8. The summed E-state index contributed by atoms with van der Waals surface area (Å²) in [6, 6.07) is 27.4. The van der Waals surface area contributed by atoms with Crippen molar-refractivity contribution in [3.8, 4) is 0 Å². The van der Waals surface area contributed by atoms with Crippen LogP contribution in [0.2, 0.25) is 0 Å². The van der Waals surface area contributed by atoms with Gasteiger partial charge in [-0.05, 0) is 87.6 Å². The summed E-state index contributed by atoms with van der Waals surface area (Å²) >= 11 is 3.35. The van der Waals surface area contributed by atoms with E-state index in [1.54, 1.807) is 17.2 Å². The van der Waals surface area contributed by atoms with Crippen LogP contribution in [0.25, 0.3) is 6.08 Å². The molecule has 0 bridgehead atoms. The molecule has 1 saturated heterocycles. The molecule has 9 heteroatoms. The van der Waals surface area contributed by atoms with E-state index < -0.39 is 23.7 Å². The third-order valence-corrected chi connectivity index (χ3v) is 8.78. The first-order chi connectivity index (χ1) is 22.2. The molecule has 5 nitrogen and oxygen atoms in total. The summed E-state index contributed by atoms with van der Waals surface area (Å²) in [5.74, 6) is -0.0725. The molecule has 0 aliphatic carbocycles. The van der Waals surface area contributed by atoms with Gasteiger partial charge in [-0.1, -0.05) is 78.9 Å². The Morgan fingerprint density at radius 2 is 1.50 bits per heavy atom. The molecular formula is C37H35BrF3N3O2. The predicted molar refractivity (Wildman–Crippen MR) is 176 cm³/mol. The third-order valence-electron chi connectivity index (χ3n) is 8.31. The fourth-order valence-electron chi connectivity index (χ4n) is 5.77. The monoisotopic (exact) mass is 689 g/mol. The molecule has 0 radical (unpaired) electrons. The van der Waals surface area contributed by atoms with Crippen molar-refractivity contribution in [3.05, 3.63) is 142 Å². The lowest BCUT2D eigenvalue weighted by molar-refractivity contribution is -0.145. The molecule has 1 atom stereocenters. The Morgan fingerprint density at radius 3 is 2.09 bits per heavy atom. The van der Waals surface area contributed by atoms with Crippen LogP contribution in [-0.2, 0) is 35.2 Å². The van der Waals surface area contributed by atoms with Gasteiger partial charge < -0.3 is 9.80 Å². The number of halogens is 4. The van der Waals surface area contributed by atoms with Crippen LogP contribution in [0.5, 0.6) is 0 Å². The minimum absolute atomic E-state index is 0.122. The average Bonchev–Trinajstić information content (AvgIpc) is 3.07. The van der Waals surface area contributed by atoms with Crippen LogP contribution in [0, 0.1) is 5.92 Å². The third kappa shape index (κ3) is 9.16. The number of nitrogens with zero attached hydrogens (tertiary/aromatic N) is 3. The van der Waals surface area contributed by atoms with E-state index in [4.69, 9.17) is 0 Å². The Balaban J connectivity index is 1.40. The molecule has 3 aromatic carbocycles. The van der Waals surface area contributed by atoms with Crippen molar-refractivity contribution in [1.29, 1.82) is 0 Å². The molecule has 1 aliphatic heterocycles. The van der Waals surface area contributed by atoms with Crippen LogP contribution in [0.4, 0.5) is 13.2 Å². The summed E-state index contributed by atoms with van der Waals surface area (Å²) in [4.78, 5) is 36.0. The second-order valence-electron chi connectivity index (χ2n) is 11.6. The van der Waals surface area contributed by atoms with Crippen LogP contribution in [0.15, 0.2) is 114 Å². The lowest BCUT2D eigenvalue weighted by Gasteiger charge is -2.38. The molecular weight excluding hydrogens is 655 g/mol. The highest BCUT2D eigenvalue weighted by atomic mass is 79.9. The van der Waals surface area contributed by atoms with Gasteiger partial charge in [-0.15, -0.1) is 0 Å². The van der Waals surface area contributed by atoms with E-state index in [1.807, 2.05) is 59.5 Å². The number of amides is 2. The van der Waals surface area contributed by atoms with Crippen LogP contribution in [-0.4, -0.2) is 45.7 Å². The topological polar surface area (TPSA) is 53.5 Å². The molecule has 0 spiro atoms. The van der Waals surface area contributed by atoms with Gasteiger partial charge in [-0.25, -0.2) is 4.98 Å². The van der Waals surface area contributed by atoms with Crippen molar-refractivity contribution < 1.29 is 22.8 Å². The molecule has 0 N–H and O–H groups in total. The van der Waals surface area contributed by atoms with Crippen molar-refractivity contribution in [2.45, 2.75) is 44.4 Å². The first-order valence-corrected chi connectivity index (χ1v) is 16.1. The second kappa shape index (κ2) is 15.4. The second-order valence-corrected chi connectivity index (χ2v) is 12.4. The summed E-state index contributed by atoms with van der Waals surface area (Å²) in [6.45, 7) is 1.33. The number of carbonyl (C=O) groups excluding carboxylic acids is 2. The van der Waals surface area contributed by atoms with Crippen LogP contribution >= 0.6 is 15.9 Å². The van der Waals surface area contributed by atoms with Crippen LogP contribution in [0.3, 0.4) is 0 Å². The number of hydrogen-bond donors (Lipinski definition) is 0. The number of likely N-dealkylation sites (tertiary alicyclic amines) is 1. The van der Waals surface area contributed by atoms with E-state index in [0.717, 1.165) is 42.5 Å². The van der Waals surface area contributed by atoms with E-state index in [9.17, 15) is 22.8 Å². The zero-order chi connectivity index (χ0) is 32.5. The lowest BCUT2D eigenvalue weighted by atomic mass is 9.89. The lowest BCUT2D eigenvalue weighted by Crippen LogP contribution is -2.53. The van der Waals surface area contributed by atoms with Gasteiger partial charge in [-0.2, -0.15) is 13.2 Å². The van der Waals surface area contributed by atoms with Gasteiger partial charge in [0, 0.05) is 38.3 Å². The van der Waals surface area contributed by atoms with Gasteiger partial charge in [0.25, 0.3) is 0 Å². The number of piperidine rings is 1. The summed E-state index contributed by atoms with van der Waals surface area (Å²) < 4.78 is 39.8. The molecule has 1 fully saturated rings. The van der Waals surface area contributed by atoms with Gasteiger partial charge in [0.15, 0.2) is 0 Å². The quantitative estimate of drug-likeness (QED) is 0.125. The van der Waals surface area contributed by atoms with E-state index in [0.29, 0.717) is 35.6 Å². The highest BCUT2D eigenvalue weighted by Gasteiger charge is 2.34. The average molecular weight is 691 g/mol. The van der Waals surface area contributed by atoms with Crippen molar-refractivity contribution in [3.63, 3.8) is 0 Å². The molecule has 238 valence electrons. The standard InChI is InChI=1S/C37H35BrF3N3O2/c38-34-17-13-31(25-42-34)26-44(35(45)18-14-27-11-15-32(16-12-27)37(39,40)41)33(24-29-9-5-2-6-10-29)36(46)43-21-19-30(20-22-43)23-28-7-3-1-4-8-28/h1-18,25,30,33H,19-24,26H2/t33-/m0/s1. The number of pyridine rings is 1. The normalized spacial score (nSPS) is 14.7. The smallest absolute Gasteiger partial charge is 0.341 e. The molecule has 2 amide bonds. The van der Waals surface area contributed by atoms with Crippen LogP contribution in [0.1, 0.15) is 40.7 Å². The Bertz CT molecular complexity index is 1600. The maximum atomic E-state index is 14.3. The molecule has 0 saturated carbocycles. The Labute approximate surface area is 275 Å². The Hall–Kier alpha value is -4.24. The summed E-state index contributed by atoms with van der Waals surface area (Å²) in [7, 11) is 0. The molecule has 4 aromatic rings. The first-order valence-electron chi connectivity index (χ1n) is 15.3. The summed E-state index contributed by atoms with van der Waals surface area (Å²) in [6.07, 6.45) is 3.03. The largest absolute Gasteiger partial charge is 0.416 e. The molecule has 46 heavy (non-hydrogen) atoms. The van der Waals surface area contributed by atoms with E-state index >= 15 is 0 Å². The Kier molecular flexibility index (Phi) is 11.1. The molecule has 1 aromatic heterocycles. The highest BCUT2D eigenvalue weighted by Crippen LogP contribution is 2.29. The number of benzene rings is 3.